The number of nitrogens with zero attached hydrogens (tertiary/aromatic N) is 3. The first-order valence-electron chi connectivity index (χ1n) is 7.31. The minimum atomic E-state index is 0.681. The average Bonchev–Trinajstić information content (AvgIpc) is 2.73. The Morgan fingerprint density at radius 3 is 2.57 bits per heavy atom. The van der Waals surface area contributed by atoms with Crippen molar-refractivity contribution in [3.8, 4) is 0 Å². The highest BCUT2D eigenvalue weighted by Gasteiger charge is 2.09. The lowest BCUT2D eigenvalue weighted by molar-refractivity contribution is 0.552. The molecule has 1 N–H and O–H groups in total. The molecule has 1 aromatic carbocycles. The van der Waals surface area contributed by atoms with Crippen LogP contribution >= 0.6 is 11.8 Å². The van der Waals surface area contributed by atoms with E-state index in [2.05, 4.69) is 54.5 Å². The van der Waals surface area contributed by atoms with Crippen LogP contribution in [-0.2, 0) is 13.6 Å². The van der Waals surface area contributed by atoms with Gasteiger partial charge in [0, 0.05) is 18.5 Å². The van der Waals surface area contributed by atoms with Crippen molar-refractivity contribution in [2.45, 2.75) is 44.3 Å². The molecule has 0 saturated carbocycles. The topological polar surface area (TPSA) is 42.7 Å². The van der Waals surface area contributed by atoms with E-state index in [4.69, 9.17) is 0 Å². The number of aromatic nitrogens is 3. The second-order valence-electron chi connectivity index (χ2n) is 5.82. The third-order valence-corrected chi connectivity index (χ3v) is 4.59. The predicted octanol–water partition coefficient (Wildman–Crippen LogP) is 3.33. The molecule has 0 amide bonds. The van der Waals surface area contributed by atoms with E-state index in [0.29, 0.717) is 5.92 Å². The molecule has 0 radical (unpaired) electrons. The van der Waals surface area contributed by atoms with Gasteiger partial charge in [0.15, 0.2) is 5.16 Å². The van der Waals surface area contributed by atoms with E-state index < -0.39 is 0 Å². The summed E-state index contributed by atoms with van der Waals surface area (Å²) >= 11 is 1.67. The van der Waals surface area contributed by atoms with Crippen LogP contribution in [0, 0.1) is 19.8 Å². The summed E-state index contributed by atoms with van der Waals surface area (Å²) in [4.78, 5) is 1.23. The Kier molecular flexibility index (Phi) is 5.42. The van der Waals surface area contributed by atoms with Crippen LogP contribution in [0.4, 0.5) is 0 Å². The first kappa shape index (κ1) is 16.0. The maximum absolute atomic E-state index is 4.21. The largest absolute Gasteiger partial charge is 0.312 e. The summed E-state index contributed by atoms with van der Waals surface area (Å²) in [6.45, 7) is 10.5. The molecule has 0 fully saturated rings. The molecule has 0 atom stereocenters. The fourth-order valence-electron chi connectivity index (χ4n) is 2.02. The van der Waals surface area contributed by atoms with Gasteiger partial charge in [0.2, 0.25) is 0 Å². The molecule has 0 bridgehead atoms. The molecule has 0 spiro atoms. The van der Waals surface area contributed by atoms with E-state index in [9.17, 15) is 0 Å². The number of hydrogen-bond acceptors (Lipinski definition) is 4. The van der Waals surface area contributed by atoms with Crippen molar-refractivity contribution >= 4 is 11.8 Å². The molecule has 21 heavy (non-hydrogen) atoms. The summed E-state index contributed by atoms with van der Waals surface area (Å²) in [6.07, 6.45) is 0. The molecule has 0 aliphatic rings. The van der Waals surface area contributed by atoms with Crippen LogP contribution in [0.1, 0.15) is 30.8 Å². The van der Waals surface area contributed by atoms with Crippen LogP contribution in [0.2, 0.25) is 0 Å². The number of benzene rings is 1. The molecule has 5 heteroatoms. The maximum Gasteiger partial charge on any atom is 0.195 e. The van der Waals surface area contributed by atoms with Gasteiger partial charge in [0.05, 0.1) is 0 Å². The number of rotatable bonds is 6. The lowest BCUT2D eigenvalue weighted by Gasteiger charge is -2.10. The van der Waals surface area contributed by atoms with Crippen molar-refractivity contribution in [2.24, 2.45) is 13.0 Å². The monoisotopic (exact) mass is 304 g/mol. The number of nitrogens with one attached hydrogen (secondary N) is 1. The number of aryl methyl sites for hydroxylation is 2. The van der Waals surface area contributed by atoms with Crippen LogP contribution in [0.3, 0.4) is 0 Å². The highest BCUT2D eigenvalue weighted by Crippen LogP contribution is 2.29. The molecule has 114 valence electrons. The molecular weight excluding hydrogens is 280 g/mol. The predicted molar refractivity (Wildman–Crippen MR) is 87.6 cm³/mol. The third-order valence-electron chi connectivity index (χ3n) is 3.37. The van der Waals surface area contributed by atoms with Gasteiger partial charge in [-0.05, 0) is 55.3 Å². The summed E-state index contributed by atoms with van der Waals surface area (Å²) in [6, 6.07) is 6.61. The zero-order valence-corrected chi connectivity index (χ0v) is 14.3. The van der Waals surface area contributed by atoms with Crippen molar-refractivity contribution in [3.63, 3.8) is 0 Å². The van der Waals surface area contributed by atoms with Crippen LogP contribution in [0.15, 0.2) is 28.3 Å². The van der Waals surface area contributed by atoms with E-state index >= 15 is 0 Å². The lowest BCUT2D eigenvalue weighted by atomic mass is 10.1. The molecule has 2 rings (SSSR count). The highest BCUT2D eigenvalue weighted by molar-refractivity contribution is 7.99. The fraction of sp³-hybridized carbons (Fsp3) is 0.500. The normalized spacial score (nSPS) is 11.3. The SMILES string of the molecule is Cc1cc(CNCC(C)C)ccc1Sc1nnc(C)n1C. The van der Waals surface area contributed by atoms with Crippen LogP contribution in [0.5, 0.6) is 0 Å². The molecular formula is C16H24N4S. The fourth-order valence-corrected chi connectivity index (χ4v) is 2.92. The Labute approximate surface area is 131 Å². The zero-order chi connectivity index (χ0) is 15.4. The maximum atomic E-state index is 4.21. The van der Waals surface area contributed by atoms with Gasteiger partial charge in [-0.2, -0.15) is 0 Å². The Bertz CT molecular complexity index is 604. The van der Waals surface area contributed by atoms with E-state index in [-0.39, 0.29) is 0 Å². The van der Waals surface area contributed by atoms with E-state index in [1.54, 1.807) is 11.8 Å². The summed E-state index contributed by atoms with van der Waals surface area (Å²) < 4.78 is 2.02. The molecule has 0 saturated heterocycles. The Morgan fingerprint density at radius 2 is 2.00 bits per heavy atom. The minimum absolute atomic E-state index is 0.681. The van der Waals surface area contributed by atoms with Gasteiger partial charge in [-0.1, -0.05) is 26.0 Å². The van der Waals surface area contributed by atoms with Crippen LogP contribution in [0.25, 0.3) is 0 Å². The molecule has 0 unspecified atom stereocenters. The molecule has 2 aromatic rings. The van der Waals surface area contributed by atoms with Gasteiger partial charge in [-0.15, -0.1) is 10.2 Å². The van der Waals surface area contributed by atoms with Gasteiger partial charge in [-0.25, -0.2) is 0 Å². The zero-order valence-electron chi connectivity index (χ0n) is 13.5. The van der Waals surface area contributed by atoms with Gasteiger partial charge < -0.3 is 9.88 Å². The summed E-state index contributed by atoms with van der Waals surface area (Å²) in [7, 11) is 2.00. The van der Waals surface area contributed by atoms with Crippen molar-refractivity contribution in [1.29, 1.82) is 0 Å². The lowest BCUT2D eigenvalue weighted by Crippen LogP contribution is -2.18. The van der Waals surface area contributed by atoms with E-state index in [0.717, 1.165) is 24.1 Å². The average molecular weight is 304 g/mol. The summed E-state index contributed by atoms with van der Waals surface area (Å²) in [5.41, 5.74) is 2.61. The highest BCUT2D eigenvalue weighted by atomic mass is 32.2. The molecule has 0 aliphatic carbocycles. The minimum Gasteiger partial charge on any atom is -0.312 e. The first-order chi connectivity index (χ1) is 9.97. The quantitative estimate of drug-likeness (QED) is 0.889. The van der Waals surface area contributed by atoms with E-state index in [1.165, 1.54) is 16.0 Å². The molecule has 0 aliphatic heterocycles. The van der Waals surface area contributed by atoms with E-state index in [1.807, 2.05) is 18.5 Å². The third kappa shape index (κ3) is 4.32. The van der Waals surface area contributed by atoms with Gasteiger partial charge in [0.1, 0.15) is 5.82 Å². The number of hydrogen-bond donors (Lipinski definition) is 1. The smallest absolute Gasteiger partial charge is 0.195 e. The van der Waals surface area contributed by atoms with Gasteiger partial charge in [-0.3, -0.25) is 0 Å². The van der Waals surface area contributed by atoms with Crippen LogP contribution < -0.4 is 5.32 Å². The summed E-state index contributed by atoms with van der Waals surface area (Å²) in [5.74, 6) is 1.62. The van der Waals surface area contributed by atoms with Crippen molar-refractivity contribution in [1.82, 2.24) is 20.1 Å². The molecule has 4 nitrogen and oxygen atoms in total. The van der Waals surface area contributed by atoms with Crippen molar-refractivity contribution in [2.75, 3.05) is 6.54 Å². The molecule has 1 heterocycles. The van der Waals surface area contributed by atoms with Crippen molar-refractivity contribution < 1.29 is 0 Å². The van der Waals surface area contributed by atoms with Gasteiger partial charge in [0.25, 0.3) is 0 Å². The standard InChI is InChI=1S/C16H24N4S/c1-11(2)9-17-10-14-6-7-15(12(3)8-14)21-16-19-18-13(4)20(16)5/h6-8,11,17H,9-10H2,1-5H3. The van der Waals surface area contributed by atoms with Crippen molar-refractivity contribution in [3.05, 3.63) is 35.2 Å². The Hall–Kier alpha value is -1.33. The Balaban J connectivity index is 2.03. The van der Waals surface area contributed by atoms with Gasteiger partial charge >= 0.3 is 0 Å². The molecule has 1 aromatic heterocycles. The second kappa shape index (κ2) is 7.09. The summed E-state index contributed by atoms with van der Waals surface area (Å²) in [5, 5.41) is 12.7. The Morgan fingerprint density at radius 1 is 1.24 bits per heavy atom. The second-order valence-corrected chi connectivity index (χ2v) is 6.82. The first-order valence-corrected chi connectivity index (χ1v) is 8.13. The van der Waals surface area contributed by atoms with Crippen LogP contribution in [-0.4, -0.2) is 21.3 Å².